The summed E-state index contributed by atoms with van der Waals surface area (Å²) in [6, 6.07) is 0. The van der Waals surface area contributed by atoms with Crippen LogP contribution in [0.3, 0.4) is 0 Å². The van der Waals surface area contributed by atoms with Gasteiger partial charge in [-0.25, -0.2) is 0 Å². The zero-order valence-electron chi connectivity index (χ0n) is 9.38. The summed E-state index contributed by atoms with van der Waals surface area (Å²) in [5.74, 6) is 0.0563. The quantitative estimate of drug-likeness (QED) is 0.373. The van der Waals surface area contributed by atoms with Crippen molar-refractivity contribution in [2.75, 3.05) is 40.3 Å². The Balaban J connectivity index is 2.05. The number of quaternary nitrogens is 1. The van der Waals surface area contributed by atoms with Crippen molar-refractivity contribution in [2.45, 2.75) is 19.4 Å². The predicted octanol–water partition coefficient (Wildman–Crippen LogP) is -0.0122. The van der Waals surface area contributed by atoms with Gasteiger partial charge < -0.3 is 14.5 Å². The average Bonchev–Trinajstić information content (AvgIpc) is 2.81. The van der Waals surface area contributed by atoms with Crippen LogP contribution in [0.2, 0.25) is 0 Å². The van der Waals surface area contributed by atoms with Crippen molar-refractivity contribution in [2.24, 2.45) is 0 Å². The van der Waals surface area contributed by atoms with Gasteiger partial charge in [0.1, 0.15) is 12.6 Å². The topological polar surface area (TPSA) is 41.6 Å². The number of nitrogens with one attached hydrogen (secondary N) is 1. The van der Waals surface area contributed by atoms with Crippen molar-refractivity contribution >= 4 is 5.91 Å². The number of amides is 1. The molecule has 82 valence electrons. The maximum atomic E-state index is 10.6. The maximum Gasteiger partial charge on any atom is 0.216 e. The Morgan fingerprint density at radius 3 is 2.71 bits per heavy atom. The Hall–Kier alpha value is -0.610. The molecular formula is C10H21N2O2+. The van der Waals surface area contributed by atoms with Crippen LogP contribution in [0.25, 0.3) is 0 Å². The van der Waals surface area contributed by atoms with Gasteiger partial charge in [-0.1, -0.05) is 0 Å². The SMILES string of the molecule is CC(=O)NCCC[N+](C)(C)CC1CO1. The number of epoxide rings is 1. The second-order valence-electron chi connectivity index (χ2n) is 4.63. The van der Waals surface area contributed by atoms with Crippen molar-refractivity contribution in [3.05, 3.63) is 0 Å². The van der Waals surface area contributed by atoms with E-state index < -0.39 is 0 Å². The molecule has 1 heterocycles. The summed E-state index contributed by atoms with van der Waals surface area (Å²) >= 11 is 0. The molecule has 1 rings (SSSR count). The lowest BCUT2D eigenvalue weighted by Crippen LogP contribution is -2.44. The minimum absolute atomic E-state index is 0.0563. The van der Waals surface area contributed by atoms with Gasteiger partial charge in [0.25, 0.3) is 0 Å². The van der Waals surface area contributed by atoms with E-state index in [4.69, 9.17) is 4.74 Å². The standard InChI is InChI=1S/C10H20N2O2/c1-9(13)11-5-4-6-12(2,3)7-10-8-14-10/h10H,4-8H2,1-3H3/p+1. The lowest BCUT2D eigenvalue weighted by atomic mass is 10.3. The normalized spacial score (nSPS) is 20.6. The molecule has 1 aliphatic rings. The summed E-state index contributed by atoms with van der Waals surface area (Å²) in [5, 5.41) is 2.81. The van der Waals surface area contributed by atoms with Gasteiger partial charge in [0.2, 0.25) is 5.91 Å². The van der Waals surface area contributed by atoms with E-state index in [1.54, 1.807) is 6.92 Å². The highest BCUT2D eigenvalue weighted by Gasteiger charge is 2.30. The number of likely N-dealkylation sites (N-methyl/N-ethyl adjacent to an activating group) is 1. The molecule has 1 amide bonds. The van der Waals surface area contributed by atoms with Crippen molar-refractivity contribution < 1.29 is 14.0 Å². The monoisotopic (exact) mass is 201 g/mol. The van der Waals surface area contributed by atoms with E-state index in [-0.39, 0.29) is 5.91 Å². The third-order valence-corrected chi connectivity index (χ3v) is 2.41. The van der Waals surface area contributed by atoms with Gasteiger partial charge in [-0.15, -0.1) is 0 Å². The molecule has 0 aromatic heterocycles. The van der Waals surface area contributed by atoms with Crippen LogP contribution in [0.15, 0.2) is 0 Å². The number of ether oxygens (including phenoxy) is 1. The molecule has 0 bridgehead atoms. The lowest BCUT2D eigenvalue weighted by Gasteiger charge is -2.29. The summed E-state index contributed by atoms with van der Waals surface area (Å²) in [4.78, 5) is 10.6. The molecule has 0 spiro atoms. The number of carbonyl (C=O) groups excluding carboxylic acids is 1. The largest absolute Gasteiger partial charge is 0.367 e. The Morgan fingerprint density at radius 2 is 2.21 bits per heavy atom. The van der Waals surface area contributed by atoms with Crippen LogP contribution in [0.4, 0.5) is 0 Å². The Morgan fingerprint density at radius 1 is 1.57 bits per heavy atom. The van der Waals surface area contributed by atoms with Crippen LogP contribution in [-0.4, -0.2) is 56.8 Å². The minimum atomic E-state index is 0.0563. The van der Waals surface area contributed by atoms with Gasteiger partial charge in [-0.2, -0.15) is 0 Å². The molecule has 0 aromatic carbocycles. The van der Waals surface area contributed by atoms with Crippen molar-refractivity contribution in [3.63, 3.8) is 0 Å². The summed E-state index contributed by atoms with van der Waals surface area (Å²) in [6.45, 7) is 5.42. The highest BCUT2D eigenvalue weighted by molar-refractivity contribution is 5.72. The molecule has 14 heavy (non-hydrogen) atoms. The van der Waals surface area contributed by atoms with Gasteiger partial charge in [-0.3, -0.25) is 4.79 Å². The van der Waals surface area contributed by atoms with Gasteiger partial charge in [-0.05, 0) is 0 Å². The third-order valence-electron chi connectivity index (χ3n) is 2.41. The molecule has 1 fully saturated rings. The van der Waals surface area contributed by atoms with Crippen LogP contribution < -0.4 is 5.32 Å². The van der Waals surface area contributed by atoms with E-state index in [1.165, 1.54) is 0 Å². The van der Waals surface area contributed by atoms with Gasteiger partial charge in [0, 0.05) is 19.9 Å². The van der Waals surface area contributed by atoms with Crippen LogP contribution >= 0.6 is 0 Å². The van der Waals surface area contributed by atoms with Gasteiger partial charge in [0.05, 0.1) is 27.2 Å². The number of hydrogen-bond donors (Lipinski definition) is 1. The molecule has 1 saturated heterocycles. The molecule has 1 aliphatic heterocycles. The van der Waals surface area contributed by atoms with E-state index in [0.29, 0.717) is 6.10 Å². The highest BCUT2D eigenvalue weighted by atomic mass is 16.6. The Labute approximate surface area is 85.8 Å². The zero-order chi connectivity index (χ0) is 10.6. The fourth-order valence-electron chi connectivity index (χ4n) is 1.59. The Bertz CT molecular complexity index is 200. The first-order valence-electron chi connectivity index (χ1n) is 5.18. The fraction of sp³-hybridized carbons (Fsp3) is 0.900. The third kappa shape index (κ3) is 5.19. The lowest BCUT2D eigenvalue weighted by molar-refractivity contribution is -0.890. The van der Waals surface area contributed by atoms with E-state index in [1.807, 2.05) is 0 Å². The van der Waals surface area contributed by atoms with E-state index in [0.717, 1.165) is 37.1 Å². The Kier molecular flexibility index (Phi) is 3.89. The van der Waals surface area contributed by atoms with Crippen molar-refractivity contribution in [3.8, 4) is 0 Å². The van der Waals surface area contributed by atoms with E-state index >= 15 is 0 Å². The molecular weight excluding hydrogens is 180 g/mol. The first-order valence-corrected chi connectivity index (χ1v) is 5.18. The zero-order valence-corrected chi connectivity index (χ0v) is 9.38. The van der Waals surface area contributed by atoms with E-state index in [2.05, 4.69) is 19.4 Å². The molecule has 0 radical (unpaired) electrons. The average molecular weight is 201 g/mol. The van der Waals surface area contributed by atoms with Gasteiger partial charge in [0.15, 0.2) is 0 Å². The number of rotatable bonds is 6. The predicted molar refractivity (Wildman–Crippen MR) is 54.9 cm³/mol. The minimum Gasteiger partial charge on any atom is -0.367 e. The first-order chi connectivity index (χ1) is 6.49. The molecule has 0 aliphatic carbocycles. The van der Waals surface area contributed by atoms with Crippen LogP contribution in [0.1, 0.15) is 13.3 Å². The second-order valence-corrected chi connectivity index (χ2v) is 4.63. The number of carbonyl (C=O) groups is 1. The summed E-state index contributed by atoms with van der Waals surface area (Å²) in [7, 11) is 4.41. The fourth-order valence-corrected chi connectivity index (χ4v) is 1.59. The molecule has 4 nitrogen and oxygen atoms in total. The molecule has 4 heteroatoms. The van der Waals surface area contributed by atoms with Crippen LogP contribution in [-0.2, 0) is 9.53 Å². The first kappa shape index (κ1) is 11.5. The molecule has 0 aromatic rings. The molecule has 1 atom stereocenters. The number of hydrogen-bond acceptors (Lipinski definition) is 2. The molecule has 0 saturated carbocycles. The van der Waals surface area contributed by atoms with E-state index in [9.17, 15) is 4.79 Å². The van der Waals surface area contributed by atoms with Crippen molar-refractivity contribution in [1.29, 1.82) is 0 Å². The summed E-state index contributed by atoms with van der Waals surface area (Å²) < 4.78 is 6.18. The van der Waals surface area contributed by atoms with Gasteiger partial charge >= 0.3 is 0 Å². The number of nitrogens with zero attached hydrogens (tertiary/aromatic N) is 1. The highest BCUT2D eigenvalue weighted by Crippen LogP contribution is 2.13. The maximum absolute atomic E-state index is 10.6. The molecule has 1 unspecified atom stereocenters. The van der Waals surface area contributed by atoms with Crippen LogP contribution in [0.5, 0.6) is 0 Å². The second kappa shape index (κ2) is 4.75. The summed E-state index contributed by atoms with van der Waals surface area (Å²) in [6.07, 6.45) is 1.50. The summed E-state index contributed by atoms with van der Waals surface area (Å²) in [5.41, 5.74) is 0. The smallest absolute Gasteiger partial charge is 0.216 e. The molecule has 1 N–H and O–H groups in total. The van der Waals surface area contributed by atoms with Crippen LogP contribution in [0, 0.1) is 0 Å². The van der Waals surface area contributed by atoms with Crippen molar-refractivity contribution in [1.82, 2.24) is 5.32 Å².